The third kappa shape index (κ3) is 2.77. The zero-order valence-corrected chi connectivity index (χ0v) is 13.0. The minimum Gasteiger partial charge on any atom is -0.459 e. The molecule has 2 atom stereocenters. The van der Waals surface area contributed by atoms with Crippen molar-refractivity contribution in [2.45, 2.75) is 51.5 Å². The summed E-state index contributed by atoms with van der Waals surface area (Å²) in [6, 6.07) is 3.25. The predicted molar refractivity (Wildman–Crippen MR) is 79.3 cm³/mol. The number of aromatic nitrogens is 2. The molecule has 6 nitrogen and oxygen atoms in total. The molecule has 3 heterocycles. The molecule has 2 aromatic heterocycles. The van der Waals surface area contributed by atoms with Gasteiger partial charge >= 0.3 is 0 Å². The summed E-state index contributed by atoms with van der Waals surface area (Å²) in [7, 11) is 0. The molecule has 0 aromatic carbocycles. The van der Waals surface area contributed by atoms with Crippen LogP contribution in [-0.4, -0.2) is 27.5 Å². The molecule has 6 heteroatoms. The van der Waals surface area contributed by atoms with E-state index in [1.54, 1.807) is 17.0 Å². The van der Waals surface area contributed by atoms with Crippen LogP contribution in [0.15, 0.2) is 27.3 Å². The second kappa shape index (κ2) is 6.34. The molecule has 0 radical (unpaired) electrons. The van der Waals surface area contributed by atoms with Gasteiger partial charge in [0.2, 0.25) is 5.89 Å². The SMILES string of the molecule is CC[C@H](C)c1noc([C@H]2CCCCN2C(=O)c2ccco2)n1. The topological polar surface area (TPSA) is 72.4 Å². The molecule has 1 aliphatic heterocycles. The highest BCUT2D eigenvalue weighted by molar-refractivity contribution is 5.91. The Hall–Kier alpha value is -2.11. The summed E-state index contributed by atoms with van der Waals surface area (Å²) in [6.07, 6.45) is 5.34. The van der Waals surface area contributed by atoms with Crippen LogP contribution in [0, 0.1) is 0 Å². The van der Waals surface area contributed by atoms with E-state index in [-0.39, 0.29) is 17.9 Å². The van der Waals surface area contributed by atoms with E-state index in [9.17, 15) is 4.79 Å². The maximum Gasteiger partial charge on any atom is 0.290 e. The van der Waals surface area contributed by atoms with Crippen LogP contribution >= 0.6 is 0 Å². The van der Waals surface area contributed by atoms with Gasteiger partial charge in [-0.2, -0.15) is 4.98 Å². The van der Waals surface area contributed by atoms with Gasteiger partial charge in [-0.1, -0.05) is 19.0 Å². The van der Waals surface area contributed by atoms with Crippen LogP contribution in [0.4, 0.5) is 0 Å². The number of hydrogen-bond donors (Lipinski definition) is 0. The van der Waals surface area contributed by atoms with E-state index in [4.69, 9.17) is 8.94 Å². The Kier molecular flexibility index (Phi) is 4.27. The molecule has 0 bridgehead atoms. The van der Waals surface area contributed by atoms with Gasteiger partial charge in [-0.3, -0.25) is 4.79 Å². The monoisotopic (exact) mass is 303 g/mol. The molecule has 1 aliphatic rings. The van der Waals surface area contributed by atoms with Crippen molar-refractivity contribution in [3.8, 4) is 0 Å². The fraction of sp³-hybridized carbons (Fsp3) is 0.562. The zero-order valence-electron chi connectivity index (χ0n) is 13.0. The molecule has 118 valence electrons. The maximum atomic E-state index is 12.6. The molecule has 1 fully saturated rings. The van der Waals surface area contributed by atoms with Gasteiger partial charge in [-0.05, 0) is 37.8 Å². The second-order valence-corrected chi connectivity index (χ2v) is 5.79. The first-order valence-electron chi connectivity index (χ1n) is 7.88. The van der Waals surface area contributed by atoms with Gasteiger partial charge < -0.3 is 13.8 Å². The lowest BCUT2D eigenvalue weighted by molar-refractivity contribution is 0.0529. The highest BCUT2D eigenvalue weighted by atomic mass is 16.5. The first kappa shape index (κ1) is 14.8. The molecular weight excluding hydrogens is 282 g/mol. The lowest BCUT2D eigenvalue weighted by Crippen LogP contribution is -2.38. The summed E-state index contributed by atoms with van der Waals surface area (Å²) in [6.45, 7) is 4.85. The first-order chi connectivity index (χ1) is 10.7. The molecule has 0 N–H and O–H groups in total. The normalized spacial score (nSPS) is 20.1. The molecule has 0 aliphatic carbocycles. The summed E-state index contributed by atoms with van der Waals surface area (Å²) in [5, 5.41) is 4.07. The number of nitrogens with zero attached hydrogens (tertiary/aromatic N) is 3. The Morgan fingerprint density at radius 2 is 2.36 bits per heavy atom. The summed E-state index contributed by atoms with van der Waals surface area (Å²) in [5.41, 5.74) is 0. The number of carbonyl (C=O) groups is 1. The quantitative estimate of drug-likeness (QED) is 0.863. The Bertz CT molecular complexity index is 620. The Balaban J connectivity index is 1.83. The third-order valence-corrected chi connectivity index (χ3v) is 4.29. The van der Waals surface area contributed by atoms with Crippen LogP contribution in [0.5, 0.6) is 0 Å². The van der Waals surface area contributed by atoms with Crippen molar-refractivity contribution >= 4 is 5.91 Å². The predicted octanol–water partition coefficient (Wildman–Crippen LogP) is 3.54. The average Bonchev–Trinajstić information content (AvgIpc) is 3.25. The highest BCUT2D eigenvalue weighted by Crippen LogP contribution is 2.32. The number of likely N-dealkylation sites (tertiary alicyclic amines) is 1. The van der Waals surface area contributed by atoms with E-state index in [1.807, 2.05) is 0 Å². The van der Waals surface area contributed by atoms with Crippen molar-refractivity contribution in [3.63, 3.8) is 0 Å². The maximum absolute atomic E-state index is 12.6. The smallest absolute Gasteiger partial charge is 0.290 e. The van der Waals surface area contributed by atoms with Gasteiger partial charge in [0.1, 0.15) is 6.04 Å². The van der Waals surface area contributed by atoms with Gasteiger partial charge in [-0.15, -0.1) is 0 Å². The van der Waals surface area contributed by atoms with E-state index in [2.05, 4.69) is 24.0 Å². The molecule has 0 saturated carbocycles. The largest absolute Gasteiger partial charge is 0.459 e. The first-order valence-corrected chi connectivity index (χ1v) is 7.88. The molecule has 2 aromatic rings. The molecule has 0 unspecified atom stereocenters. The number of furan rings is 1. The van der Waals surface area contributed by atoms with Crippen molar-refractivity contribution < 1.29 is 13.7 Å². The third-order valence-electron chi connectivity index (χ3n) is 4.29. The zero-order chi connectivity index (χ0) is 15.5. The van der Waals surface area contributed by atoms with Crippen LogP contribution in [0.1, 0.15) is 73.8 Å². The van der Waals surface area contributed by atoms with E-state index >= 15 is 0 Å². The minimum absolute atomic E-state index is 0.113. The Morgan fingerprint density at radius 1 is 1.50 bits per heavy atom. The van der Waals surface area contributed by atoms with Crippen molar-refractivity contribution in [1.29, 1.82) is 0 Å². The van der Waals surface area contributed by atoms with Gasteiger partial charge in [0.25, 0.3) is 5.91 Å². The van der Waals surface area contributed by atoms with Gasteiger partial charge in [0.05, 0.1) is 6.26 Å². The second-order valence-electron chi connectivity index (χ2n) is 5.79. The van der Waals surface area contributed by atoms with Crippen LogP contribution in [-0.2, 0) is 0 Å². The summed E-state index contributed by atoms with van der Waals surface area (Å²) in [5.74, 6) is 1.75. The molecule has 1 saturated heterocycles. The fourth-order valence-corrected chi connectivity index (χ4v) is 2.74. The van der Waals surface area contributed by atoms with Gasteiger partial charge in [0, 0.05) is 12.5 Å². The lowest BCUT2D eigenvalue weighted by atomic mass is 10.0. The molecule has 3 rings (SSSR count). The standard InChI is InChI=1S/C16H21N3O3/c1-3-11(2)14-17-15(22-18-14)12-7-4-5-9-19(12)16(20)13-8-6-10-21-13/h6,8,10-12H,3-5,7,9H2,1-2H3/t11-,12+/m0/s1. The summed E-state index contributed by atoms with van der Waals surface area (Å²) >= 11 is 0. The summed E-state index contributed by atoms with van der Waals surface area (Å²) < 4.78 is 10.7. The minimum atomic E-state index is -0.156. The van der Waals surface area contributed by atoms with Crippen molar-refractivity contribution in [2.24, 2.45) is 0 Å². The van der Waals surface area contributed by atoms with Gasteiger partial charge in [0.15, 0.2) is 11.6 Å². The lowest BCUT2D eigenvalue weighted by Gasteiger charge is -2.32. The van der Waals surface area contributed by atoms with E-state index in [0.29, 0.717) is 24.0 Å². The fourth-order valence-electron chi connectivity index (χ4n) is 2.74. The number of carbonyl (C=O) groups excluding carboxylic acids is 1. The Morgan fingerprint density at radius 3 is 3.09 bits per heavy atom. The van der Waals surface area contributed by atoms with Crippen molar-refractivity contribution in [2.75, 3.05) is 6.54 Å². The van der Waals surface area contributed by atoms with Gasteiger partial charge in [-0.25, -0.2) is 0 Å². The number of piperidine rings is 1. The van der Waals surface area contributed by atoms with E-state index < -0.39 is 0 Å². The number of amides is 1. The molecule has 22 heavy (non-hydrogen) atoms. The number of rotatable bonds is 4. The van der Waals surface area contributed by atoms with Crippen LogP contribution in [0.3, 0.4) is 0 Å². The van der Waals surface area contributed by atoms with Crippen LogP contribution in [0.2, 0.25) is 0 Å². The average molecular weight is 303 g/mol. The summed E-state index contributed by atoms with van der Waals surface area (Å²) in [4.78, 5) is 18.9. The molecule has 0 spiro atoms. The Labute approximate surface area is 129 Å². The van der Waals surface area contributed by atoms with Crippen molar-refractivity contribution in [3.05, 3.63) is 35.9 Å². The van der Waals surface area contributed by atoms with E-state index in [1.165, 1.54) is 6.26 Å². The molecule has 1 amide bonds. The molecular formula is C16H21N3O3. The number of hydrogen-bond acceptors (Lipinski definition) is 5. The van der Waals surface area contributed by atoms with E-state index in [0.717, 1.165) is 25.7 Å². The highest BCUT2D eigenvalue weighted by Gasteiger charge is 2.33. The van der Waals surface area contributed by atoms with Crippen LogP contribution < -0.4 is 0 Å². The van der Waals surface area contributed by atoms with Crippen molar-refractivity contribution in [1.82, 2.24) is 15.0 Å². The van der Waals surface area contributed by atoms with Crippen LogP contribution in [0.25, 0.3) is 0 Å².